The van der Waals surface area contributed by atoms with Crippen LogP contribution < -0.4 is 0 Å². The Bertz CT molecular complexity index is 2190. The highest BCUT2D eigenvalue weighted by Gasteiger charge is 2.51. The van der Waals surface area contributed by atoms with Crippen LogP contribution in [0.1, 0.15) is 22.3 Å². The van der Waals surface area contributed by atoms with Crippen LogP contribution in [0.25, 0.3) is 56.2 Å². The summed E-state index contributed by atoms with van der Waals surface area (Å²) in [4.78, 5) is 14.1. The van der Waals surface area contributed by atoms with E-state index in [9.17, 15) is 0 Å². The summed E-state index contributed by atoms with van der Waals surface area (Å²) < 4.78 is 0. The zero-order valence-corrected chi connectivity index (χ0v) is 24.2. The van der Waals surface area contributed by atoms with Crippen molar-refractivity contribution in [2.45, 2.75) is 5.41 Å². The van der Waals surface area contributed by atoms with Crippen LogP contribution >= 0.6 is 11.6 Å². The van der Waals surface area contributed by atoms with Gasteiger partial charge in [0.15, 0.2) is 11.6 Å². The number of halogens is 1. The Hall–Kier alpha value is -5.56. The smallest absolute Gasteiger partial charge is 0.208 e. The van der Waals surface area contributed by atoms with E-state index >= 15 is 0 Å². The summed E-state index contributed by atoms with van der Waals surface area (Å²) in [5.74, 6) is 1.07. The number of hydrogen-bond acceptors (Lipinski definition) is 3. The molecule has 0 radical (unpaired) electrons. The molecule has 0 unspecified atom stereocenters. The summed E-state index contributed by atoms with van der Waals surface area (Å²) in [6.45, 7) is 0. The minimum absolute atomic E-state index is 0.160. The molecule has 0 N–H and O–H groups in total. The molecule has 1 spiro atoms. The standard InChI is InChI=1S/C40H22ClN3/c41-39-43-37(27-14-10-13-26(23-27)25-11-2-1-3-12-25)42-38(44-39)28-21-22-32-31-17-6-9-20-35(31)40(36(32)24-28)33-18-7-4-15-29(33)30-16-5-8-19-34(30)40/h2,4-24H. The van der Waals surface area contributed by atoms with Crippen LogP contribution in [0.2, 0.25) is 5.28 Å². The lowest BCUT2D eigenvalue weighted by molar-refractivity contribution is 0.794. The highest BCUT2D eigenvalue weighted by Crippen LogP contribution is 2.62. The highest BCUT2D eigenvalue weighted by molar-refractivity contribution is 6.28. The lowest BCUT2D eigenvalue weighted by Gasteiger charge is -2.30. The van der Waals surface area contributed by atoms with E-state index in [0.717, 1.165) is 22.3 Å². The van der Waals surface area contributed by atoms with Crippen molar-refractivity contribution < 1.29 is 0 Å². The predicted molar refractivity (Wildman–Crippen MR) is 175 cm³/mol. The van der Waals surface area contributed by atoms with Gasteiger partial charge in [-0.3, -0.25) is 0 Å². The molecule has 0 saturated carbocycles. The fourth-order valence-electron chi connectivity index (χ4n) is 7.21. The van der Waals surface area contributed by atoms with Crippen molar-refractivity contribution in [2.75, 3.05) is 0 Å². The molecule has 9 rings (SSSR count). The zero-order chi connectivity index (χ0) is 29.3. The van der Waals surface area contributed by atoms with E-state index in [4.69, 9.17) is 16.6 Å². The molecule has 7 aromatic rings. The number of nitrogens with zero attached hydrogens (tertiary/aromatic N) is 3. The Kier molecular flexibility index (Phi) is 5.38. The number of rotatable bonds is 3. The van der Waals surface area contributed by atoms with Gasteiger partial charge < -0.3 is 0 Å². The molecule has 204 valence electrons. The number of aromatic nitrogens is 3. The first kappa shape index (κ1) is 25.0. The maximum Gasteiger partial charge on any atom is 0.226 e. The maximum absolute atomic E-state index is 6.58. The molecule has 0 aliphatic heterocycles. The Balaban J connectivity index is 1.24. The second kappa shape index (κ2) is 9.47. The van der Waals surface area contributed by atoms with Crippen molar-refractivity contribution in [3.63, 3.8) is 0 Å². The molecule has 2 aliphatic rings. The second-order valence-corrected chi connectivity index (χ2v) is 11.5. The number of fused-ring (bicyclic) bond motifs is 10. The summed E-state index contributed by atoms with van der Waals surface area (Å²) in [7, 11) is 0. The molecule has 4 heteroatoms. The summed E-state index contributed by atoms with van der Waals surface area (Å²) in [6, 6.07) is 52.9. The Morgan fingerprint density at radius 2 is 1.02 bits per heavy atom. The van der Waals surface area contributed by atoms with E-state index < -0.39 is 5.41 Å². The maximum atomic E-state index is 6.58. The molecule has 0 saturated heterocycles. The Morgan fingerprint density at radius 3 is 1.64 bits per heavy atom. The largest absolute Gasteiger partial charge is 0.226 e. The quantitative estimate of drug-likeness (QED) is 0.209. The van der Waals surface area contributed by atoms with Crippen molar-refractivity contribution in [2.24, 2.45) is 0 Å². The molecular formula is C40H22ClN3. The number of hydrogen-bond donors (Lipinski definition) is 0. The monoisotopic (exact) mass is 579 g/mol. The first-order valence-corrected chi connectivity index (χ1v) is 14.9. The molecule has 1 aromatic heterocycles. The summed E-state index contributed by atoms with van der Waals surface area (Å²) in [6.07, 6.45) is 0. The van der Waals surface area contributed by atoms with Gasteiger partial charge in [-0.25, -0.2) is 4.98 Å². The van der Waals surface area contributed by atoms with Crippen LogP contribution in [0.5, 0.6) is 0 Å². The second-order valence-electron chi connectivity index (χ2n) is 11.2. The van der Waals surface area contributed by atoms with Gasteiger partial charge in [-0.2, -0.15) is 9.97 Å². The molecule has 0 fully saturated rings. The Labute approximate surface area is 260 Å². The molecule has 2 aliphatic carbocycles. The third kappa shape index (κ3) is 3.49. The van der Waals surface area contributed by atoms with Gasteiger partial charge in [-0.1, -0.05) is 115 Å². The van der Waals surface area contributed by atoms with Crippen LogP contribution in [-0.4, -0.2) is 15.0 Å². The fraction of sp³-hybridized carbons (Fsp3) is 0.0250. The van der Waals surface area contributed by atoms with Gasteiger partial charge in [0.2, 0.25) is 5.28 Å². The van der Waals surface area contributed by atoms with Gasteiger partial charge in [-0.05, 0) is 97.6 Å². The molecule has 3 nitrogen and oxygen atoms in total. The van der Waals surface area contributed by atoms with Crippen molar-refractivity contribution >= 4 is 11.6 Å². The van der Waals surface area contributed by atoms with E-state index in [-0.39, 0.29) is 5.28 Å². The third-order valence-electron chi connectivity index (χ3n) is 8.97. The third-order valence-corrected chi connectivity index (χ3v) is 9.14. The molecular weight excluding hydrogens is 558 g/mol. The zero-order valence-electron chi connectivity index (χ0n) is 23.4. The topological polar surface area (TPSA) is 38.7 Å². The minimum atomic E-state index is -0.437. The molecule has 44 heavy (non-hydrogen) atoms. The van der Waals surface area contributed by atoms with Crippen molar-refractivity contribution in [3.05, 3.63) is 173 Å². The van der Waals surface area contributed by atoms with Crippen LogP contribution in [0.15, 0.2) is 133 Å². The van der Waals surface area contributed by atoms with Gasteiger partial charge in [-0.15, -0.1) is 0 Å². The molecule has 0 amide bonds. The van der Waals surface area contributed by atoms with Gasteiger partial charge in [0.05, 0.1) is 5.41 Å². The average molecular weight is 580 g/mol. The average Bonchev–Trinajstić information content (AvgIpc) is 3.56. The summed E-state index contributed by atoms with van der Waals surface area (Å²) in [5.41, 5.74) is 13.6. The molecule has 0 atom stereocenters. The van der Waals surface area contributed by atoms with Gasteiger partial charge in [0, 0.05) is 11.1 Å². The first-order chi connectivity index (χ1) is 21.7. The number of benzene rings is 5. The van der Waals surface area contributed by atoms with Crippen molar-refractivity contribution in [3.8, 4) is 56.2 Å². The van der Waals surface area contributed by atoms with Gasteiger partial charge >= 0.3 is 0 Å². The van der Waals surface area contributed by atoms with Crippen LogP contribution in [-0.2, 0) is 5.41 Å². The molecule has 0 bridgehead atoms. The van der Waals surface area contributed by atoms with Crippen LogP contribution in [0.3, 0.4) is 0 Å². The van der Waals surface area contributed by atoms with E-state index in [2.05, 4.69) is 125 Å². The predicted octanol–water partition coefficient (Wildman–Crippen LogP) is 9.47. The lowest BCUT2D eigenvalue weighted by atomic mass is 9.70. The van der Waals surface area contributed by atoms with E-state index in [1.54, 1.807) is 0 Å². The summed E-state index contributed by atoms with van der Waals surface area (Å²) >= 11 is 6.58. The van der Waals surface area contributed by atoms with E-state index in [1.807, 2.05) is 30.3 Å². The van der Waals surface area contributed by atoms with Gasteiger partial charge in [0.25, 0.3) is 0 Å². The molecule has 6 aromatic carbocycles. The minimum Gasteiger partial charge on any atom is -0.208 e. The highest BCUT2D eigenvalue weighted by atomic mass is 35.5. The SMILES string of the molecule is Clc1nc(-c2cccc(-c3cc#ccc3)c2)nc(-c2ccc3c(c2)C2(c4ccccc4-c4ccccc42)c2ccccc2-3)n1. The Morgan fingerprint density at radius 1 is 0.455 bits per heavy atom. The van der Waals surface area contributed by atoms with E-state index in [1.165, 1.54) is 44.5 Å². The lowest BCUT2D eigenvalue weighted by Crippen LogP contribution is -2.25. The van der Waals surface area contributed by atoms with Crippen molar-refractivity contribution in [1.82, 2.24) is 15.0 Å². The summed E-state index contributed by atoms with van der Waals surface area (Å²) in [5, 5.41) is 0.160. The van der Waals surface area contributed by atoms with Crippen molar-refractivity contribution in [1.29, 1.82) is 0 Å². The van der Waals surface area contributed by atoms with E-state index in [0.29, 0.717) is 11.6 Å². The van der Waals surface area contributed by atoms with Crippen LogP contribution in [0.4, 0.5) is 0 Å². The normalized spacial score (nSPS) is 13.1. The molecule has 1 heterocycles. The fourth-order valence-corrected chi connectivity index (χ4v) is 7.37. The van der Waals surface area contributed by atoms with Crippen LogP contribution in [0, 0.1) is 12.1 Å². The first-order valence-electron chi connectivity index (χ1n) is 14.6. The van der Waals surface area contributed by atoms with Gasteiger partial charge in [0.1, 0.15) is 0 Å².